The Kier molecular flexibility index (Phi) is 7.35. The van der Waals surface area contributed by atoms with Crippen LogP contribution in [0.5, 0.6) is 0 Å². The van der Waals surface area contributed by atoms with Gasteiger partial charge < -0.3 is 10.2 Å². The minimum Gasteiger partial charge on any atom is -0.346 e. The largest absolute Gasteiger partial charge is 0.346 e. The summed E-state index contributed by atoms with van der Waals surface area (Å²) in [6.45, 7) is 5.00. The van der Waals surface area contributed by atoms with E-state index in [2.05, 4.69) is 20.2 Å². The molecule has 1 aromatic heterocycles. The van der Waals surface area contributed by atoms with Crippen LogP contribution in [-0.4, -0.2) is 50.9 Å². The lowest BCUT2D eigenvalue weighted by Crippen LogP contribution is -2.49. The van der Waals surface area contributed by atoms with E-state index in [-0.39, 0.29) is 0 Å². The first-order valence-corrected chi connectivity index (χ1v) is 11.5. The number of piperazine rings is 1. The minimum atomic E-state index is 0.658. The van der Waals surface area contributed by atoms with E-state index in [9.17, 15) is 0 Å². The molecule has 0 aliphatic carbocycles. The first kappa shape index (κ1) is 22.4. The van der Waals surface area contributed by atoms with Crippen LogP contribution < -0.4 is 5.32 Å². The standard InChI is InChI=1S/C22H22Cl3N5S/c23-18-4-1-16(2-5-18)14-30-8-7-21(27-30)26-22(31)29-11-9-28(10-12-29)15-17-3-6-19(24)13-20(17)25/h1-8,13H,9-12,14-15H2,(H,26,27,31). The van der Waals surface area contributed by atoms with Crippen molar-refractivity contribution in [2.75, 3.05) is 31.5 Å². The van der Waals surface area contributed by atoms with Crippen molar-refractivity contribution in [3.63, 3.8) is 0 Å². The summed E-state index contributed by atoms with van der Waals surface area (Å²) in [6.07, 6.45) is 1.94. The summed E-state index contributed by atoms with van der Waals surface area (Å²) in [5.41, 5.74) is 2.23. The van der Waals surface area contributed by atoms with E-state index in [1.165, 1.54) is 0 Å². The molecule has 0 saturated carbocycles. The van der Waals surface area contributed by atoms with Crippen molar-refractivity contribution >= 4 is 58.0 Å². The Balaban J connectivity index is 1.26. The molecule has 1 N–H and O–H groups in total. The van der Waals surface area contributed by atoms with Crippen LogP contribution in [0.25, 0.3) is 0 Å². The predicted octanol–water partition coefficient (Wildman–Crippen LogP) is 5.41. The monoisotopic (exact) mass is 493 g/mol. The summed E-state index contributed by atoms with van der Waals surface area (Å²) in [6, 6.07) is 15.4. The third kappa shape index (κ3) is 6.11. The van der Waals surface area contributed by atoms with Gasteiger partial charge in [0.2, 0.25) is 0 Å². The van der Waals surface area contributed by atoms with Gasteiger partial charge in [-0.3, -0.25) is 9.58 Å². The van der Waals surface area contributed by atoms with Gasteiger partial charge in [0.05, 0.1) is 6.54 Å². The molecular formula is C22H22Cl3N5S. The number of nitrogens with one attached hydrogen (secondary N) is 1. The van der Waals surface area contributed by atoms with Gasteiger partial charge in [0.15, 0.2) is 10.9 Å². The Morgan fingerprint density at radius 1 is 0.903 bits per heavy atom. The number of halogens is 3. The smallest absolute Gasteiger partial charge is 0.174 e. The van der Waals surface area contributed by atoms with Crippen molar-refractivity contribution in [3.8, 4) is 0 Å². The second-order valence-electron chi connectivity index (χ2n) is 7.45. The van der Waals surface area contributed by atoms with E-state index < -0.39 is 0 Å². The van der Waals surface area contributed by atoms with Crippen molar-refractivity contribution in [1.82, 2.24) is 19.6 Å². The Bertz CT molecular complexity index is 1050. The molecule has 0 amide bonds. The highest BCUT2D eigenvalue weighted by Gasteiger charge is 2.20. The molecule has 1 fully saturated rings. The molecule has 31 heavy (non-hydrogen) atoms. The number of anilines is 1. The van der Waals surface area contributed by atoms with Crippen LogP contribution in [0.1, 0.15) is 11.1 Å². The lowest BCUT2D eigenvalue weighted by Gasteiger charge is -2.36. The second-order valence-corrected chi connectivity index (χ2v) is 9.12. The number of benzene rings is 2. The van der Waals surface area contributed by atoms with Crippen LogP contribution in [0.15, 0.2) is 54.7 Å². The van der Waals surface area contributed by atoms with Crippen molar-refractivity contribution in [2.24, 2.45) is 0 Å². The average Bonchev–Trinajstić information content (AvgIpc) is 3.19. The molecule has 0 unspecified atom stereocenters. The molecule has 0 atom stereocenters. The molecule has 2 heterocycles. The maximum absolute atomic E-state index is 6.31. The van der Waals surface area contributed by atoms with E-state index in [0.717, 1.165) is 54.7 Å². The molecule has 0 spiro atoms. The molecule has 9 heteroatoms. The van der Waals surface area contributed by atoms with Crippen molar-refractivity contribution < 1.29 is 0 Å². The zero-order chi connectivity index (χ0) is 21.8. The molecule has 1 aliphatic rings. The van der Waals surface area contributed by atoms with Gasteiger partial charge in [-0.05, 0) is 47.6 Å². The van der Waals surface area contributed by atoms with Gasteiger partial charge >= 0.3 is 0 Å². The molecule has 5 nitrogen and oxygen atoms in total. The summed E-state index contributed by atoms with van der Waals surface area (Å²) < 4.78 is 1.88. The number of nitrogens with zero attached hydrogens (tertiary/aromatic N) is 4. The van der Waals surface area contributed by atoms with Crippen molar-refractivity contribution in [3.05, 3.63) is 80.9 Å². The van der Waals surface area contributed by atoms with Crippen LogP contribution in [0.2, 0.25) is 15.1 Å². The third-order valence-electron chi connectivity index (χ3n) is 5.20. The van der Waals surface area contributed by atoms with Crippen LogP contribution in [0.4, 0.5) is 5.82 Å². The van der Waals surface area contributed by atoms with E-state index >= 15 is 0 Å². The normalized spacial score (nSPS) is 14.6. The summed E-state index contributed by atoms with van der Waals surface area (Å²) in [7, 11) is 0. The van der Waals surface area contributed by atoms with E-state index in [1.54, 1.807) is 6.07 Å². The molecule has 1 aliphatic heterocycles. The molecule has 1 saturated heterocycles. The molecule has 0 bridgehead atoms. The Labute approximate surface area is 202 Å². The van der Waals surface area contributed by atoms with Crippen molar-refractivity contribution in [2.45, 2.75) is 13.1 Å². The van der Waals surface area contributed by atoms with Gasteiger partial charge in [-0.25, -0.2) is 0 Å². The van der Waals surface area contributed by atoms with Gasteiger partial charge in [-0.1, -0.05) is 53.0 Å². The summed E-state index contributed by atoms with van der Waals surface area (Å²) in [4.78, 5) is 4.54. The Hall–Kier alpha value is -1.83. The van der Waals surface area contributed by atoms with Gasteiger partial charge in [0.1, 0.15) is 0 Å². The molecule has 2 aromatic carbocycles. The summed E-state index contributed by atoms with van der Waals surface area (Å²) >= 11 is 23.9. The van der Waals surface area contributed by atoms with Crippen LogP contribution in [0.3, 0.4) is 0 Å². The maximum atomic E-state index is 6.31. The number of hydrogen-bond acceptors (Lipinski definition) is 3. The number of aromatic nitrogens is 2. The van der Waals surface area contributed by atoms with Gasteiger partial charge in [0.25, 0.3) is 0 Å². The number of thiocarbonyl (C=S) groups is 1. The molecule has 3 aromatic rings. The van der Waals surface area contributed by atoms with Crippen molar-refractivity contribution in [1.29, 1.82) is 0 Å². The lowest BCUT2D eigenvalue weighted by atomic mass is 10.2. The fourth-order valence-corrected chi connectivity index (χ4v) is 4.36. The maximum Gasteiger partial charge on any atom is 0.174 e. The molecular weight excluding hydrogens is 473 g/mol. The minimum absolute atomic E-state index is 0.658. The SMILES string of the molecule is S=C(Nc1ccn(Cc2ccc(Cl)cc2)n1)N1CCN(Cc2ccc(Cl)cc2Cl)CC1. The number of hydrogen-bond donors (Lipinski definition) is 1. The Morgan fingerprint density at radius 2 is 1.61 bits per heavy atom. The second kappa shape index (κ2) is 10.2. The fraction of sp³-hybridized carbons (Fsp3) is 0.273. The zero-order valence-electron chi connectivity index (χ0n) is 16.8. The van der Waals surface area contributed by atoms with Crippen LogP contribution in [-0.2, 0) is 13.1 Å². The highest BCUT2D eigenvalue weighted by atomic mass is 35.5. The summed E-state index contributed by atoms with van der Waals surface area (Å²) in [5.74, 6) is 0.745. The first-order valence-electron chi connectivity index (χ1n) is 9.96. The van der Waals surface area contributed by atoms with Gasteiger partial charge in [0, 0.05) is 60.1 Å². The quantitative estimate of drug-likeness (QED) is 0.480. The predicted molar refractivity (Wildman–Crippen MR) is 132 cm³/mol. The van der Waals surface area contributed by atoms with Gasteiger partial charge in [-0.15, -0.1) is 0 Å². The van der Waals surface area contributed by atoms with E-state index in [1.807, 2.05) is 53.3 Å². The topological polar surface area (TPSA) is 36.3 Å². The van der Waals surface area contributed by atoms with Crippen LogP contribution in [0, 0.1) is 0 Å². The van der Waals surface area contributed by atoms with Gasteiger partial charge in [-0.2, -0.15) is 5.10 Å². The Morgan fingerprint density at radius 3 is 2.32 bits per heavy atom. The van der Waals surface area contributed by atoms with E-state index in [4.69, 9.17) is 47.0 Å². The molecule has 4 rings (SSSR count). The van der Waals surface area contributed by atoms with E-state index in [0.29, 0.717) is 21.7 Å². The summed E-state index contributed by atoms with van der Waals surface area (Å²) in [5, 5.41) is 10.6. The molecule has 0 radical (unpaired) electrons. The zero-order valence-corrected chi connectivity index (χ0v) is 19.9. The number of rotatable bonds is 5. The first-order chi connectivity index (χ1) is 15.0. The van der Waals surface area contributed by atoms with Crippen LogP contribution >= 0.6 is 47.0 Å². The highest BCUT2D eigenvalue weighted by Crippen LogP contribution is 2.23. The lowest BCUT2D eigenvalue weighted by molar-refractivity contribution is 0.177. The third-order valence-corrected chi connectivity index (χ3v) is 6.40. The molecule has 162 valence electrons. The highest BCUT2D eigenvalue weighted by molar-refractivity contribution is 7.80. The average molecular weight is 495 g/mol. The fourth-order valence-electron chi connectivity index (χ4n) is 3.48.